The summed E-state index contributed by atoms with van der Waals surface area (Å²) in [5.74, 6) is -0.853. The second-order valence-corrected chi connectivity index (χ2v) is 9.59. The zero-order valence-electron chi connectivity index (χ0n) is 19.3. The number of methoxy groups -OCH3 is 2. The van der Waals surface area contributed by atoms with Crippen molar-refractivity contribution >= 4 is 28.9 Å². The Labute approximate surface area is 202 Å². The highest BCUT2D eigenvalue weighted by Crippen LogP contribution is 2.55. The van der Waals surface area contributed by atoms with Crippen LogP contribution >= 0.6 is 11.6 Å². The van der Waals surface area contributed by atoms with Crippen molar-refractivity contribution in [2.45, 2.75) is 37.4 Å². The standard InChI is InChI=1S/C26H26ClNO6/c1-14-11-17(29)16-13-25(31,15-7-5-4-6-8-15)9-10-28-23(16)26(14)24(30)20-18(32-2)12-19(33-3)21(27)22(20)34-26/h4-8,12,14,16,31H,9-11,13H2,1-3H3/t14-,16?,25-,26+/m1/s1. The molecule has 2 aromatic carbocycles. The molecular formula is C26H26ClNO6. The van der Waals surface area contributed by atoms with Crippen LogP contribution in [0.15, 0.2) is 41.4 Å². The largest absolute Gasteiger partial charge is 0.496 e. The van der Waals surface area contributed by atoms with Crippen LogP contribution in [0.1, 0.15) is 42.1 Å². The number of Topliss-reactive ketones (excluding diaryl/α,β-unsaturated/α-hetero) is 2. The lowest BCUT2D eigenvalue weighted by atomic mass is 9.64. The molecule has 4 atom stereocenters. The molecule has 1 spiro atoms. The van der Waals surface area contributed by atoms with Crippen molar-refractivity contribution in [3.63, 3.8) is 0 Å². The van der Waals surface area contributed by atoms with Gasteiger partial charge in [0, 0.05) is 24.9 Å². The second kappa shape index (κ2) is 8.10. The van der Waals surface area contributed by atoms with Crippen molar-refractivity contribution in [3.8, 4) is 17.2 Å². The van der Waals surface area contributed by atoms with E-state index in [0.29, 0.717) is 17.9 Å². The molecule has 0 aromatic heterocycles. The Morgan fingerprint density at radius 3 is 2.53 bits per heavy atom. The maximum atomic E-state index is 14.1. The minimum Gasteiger partial charge on any atom is -0.496 e. The van der Waals surface area contributed by atoms with Crippen LogP contribution in [0.5, 0.6) is 17.2 Å². The summed E-state index contributed by atoms with van der Waals surface area (Å²) >= 11 is 6.56. The van der Waals surface area contributed by atoms with Crippen molar-refractivity contribution in [1.29, 1.82) is 0 Å². The van der Waals surface area contributed by atoms with E-state index >= 15 is 0 Å². The molecule has 0 amide bonds. The summed E-state index contributed by atoms with van der Waals surface area (Å²) in [5.41, 5.74) is -1.43. The first-order chi connectivity index (χ1) is 16.3. The molecule has 0 saturated heterocycles. The third-order valence-corrected chi connectivity index (χ3v) is 7.74. The molecule has 3 aliphatic rings. The molecule has 34 heavy (non-hydrogen) atoms. The van der Waals surface area contributed by atoms with Gasteiger partial charge in [-0.05, 0) is 18.4 Å². The quantitative estimate of drug-likeness (QED) is 0.708. The molecular weight excluding hydrogens is 458 g/mol. The molecule has 2 heterocycles. The Bertz CT molecular complexity index is 1210. The Kier molecular flexibility index (Phi) is 5.45. The van der Waals surface area contributed by atoms with Crippen LogP contribution in [0.25, 0.3) is 0 Å². The van der Waals surface area contributed by atoms with Crippen molar-refractivity contribution in [3.05, 3.63) is 52.5 Å². The SMILES string of the molecule is COc1cc(OC)c2c(c1Cl)O[C@]1(C2=O)C2=NCC[C@](O)(c3ccccc3)CC2C(=O)C[C@H]1C. The number of aliphatic imine (C=N–C) groups is 1. The van der Waals surface area contributed by atoms with Gasteiger partial charge in [0.2, 0.25) is 11.4 Å². The number of aliphatic hydroxyl groups is 1. The maximum absolute atomic E-state index is 14.1. The van der Waals surface area contributed by atoms with Gasteiger partial charge in [-0.15, -0.1) is 0 Å². The topological polar surface area (TPSA) is 94.4 Å². The lowest BCUT2D eigenvalue weighted by Gasteiger charge is -2.42. The Morgan fingerprint density at radius 2 is 1.85 bits per heavy atom. The fourth-order valence-corrected chi connectivity index (χ4v) is 5.86. The van der Waals surface area contributed by atoms with Gasteiger partial charge in [-0.3, -0.25) is 14.6 Å². The van der Waals surface area contributed by atoms with E-state index in [4.69, 9.17) is 30.8 Å². The first kappa shape index (κ1) is 22.9. The molecule has 2 aromatic rings. The molecule has 8 heteroatoms. The number of hydrogen-bond donors (Lipinski definition) is 1. The molecule has 1 N–H and O–H groups in total. The Balaban J connectivity index is 1.63. The minimum absolute atomic E-state index is 0.0591. The van der Waals surface area contributed by atoms with Crippen LogP contribution < -0.4 is 14.2 Å². The molecule has 1 fully saturated rings. The van der Waals surface area contributed by atoms with E-state index < -0.39 is 23.0 Å². The van der Waals surface area contributed by atoms with E-state index in [1.54, 1.807) is 6.07 Å². The van der Waals surface area contributed by atoms with Gasteiger partial charge in [0.25, 0.3) is 0 Å². The predicted octanol–water partition coefficient (Wildman–Crippen LogP) is 4.02. The Morgan fingerprint density at radius 1 is 1.15 bits per heavy atom. The first-order valence-corrected chi connectivity index (χ1v) is 11.7. The van der Waals surface area contributed by atoms with E-state index in [2.05, 4.69) is 0 Å². The number of rotatable bonds is 3. The fraction of sp³-hybridized carbons (Fsp3) is 0.423. The van der Waals surface area contributed by atoms with Crippen LogP contribution in [0.3, 0.4) is 0 Å². The third-order valence-electron chi connectivity index (χ3n) is 7.38. The van der Waals surface area contributed by atoms with Crippen molar-refractivity contribution in [1.82, 2.24) is 0 Å². The number of hydrogen-bond acceptors (Lipinski definition) is 7. The van der Waals surface area contributed by atoms with Crippen LogP contribution in [0.2, 0.25) is 5.02 Å². The van der Waals surface area contributed by atoms with E-state index in [1.165, 1.54) is 14.2 Å². The normalized spacial score (nSPS) is 30.2. The smallest absolute Gasteiger partial charge is 0.220 e. The number of carbonyl (C=O) groups is 2. The lowest BCUT2D eigenvalue weighted by molar-refractivity contribution is -0.126. The van der Waals surface area contributed by atoms with Crippen LogP contribution in [0, 0.1) is 11.8 Å². The molecule has 1 unspecified atom stereocenters. The van der Waals surface area contributed by atoms with Crippen molar-refractivity contribution < 1.29 is 28.9 Å². The minimum atomic E-state index is -1.49. The van der Waals surface area contributed by atoms with Crippen molar-refractivity contribution in [2.24, 2.45) is 16.8 Å². The highest BCUT2D eigenvalue weighted by molar-refractivity contribution is 6.36. The van der Waals surface area contributed by atoms with Gasteiger partial charge in [0.1, 0.15) is 27.9 Å². The van der Waals surface area contributed by atoms with Gasteiger partial charge < -0.3 is 19.3 Å². The number of ketones is 2. The number of nitrogens with zero attached hydrogens (tertiary/aromatic N) is 1. The van der Waals surface area contributed by atoms with Gasteiger partial charge in [0.05, 0.1) is 31.5 Å². The molecule has 0 radical (unpaired) electrons. The van der Waals surface area contributed by atoms with E-state index in [1.807, 2.05) is 37.3 Å². The van der Waals surface area contributed by atoms with Gasteiger partial charge in [-0.1, -0.05) is 48.9 Å². The van der Waals surface area contributed by atoms with Crippen LogP contribution in [0.4, 0.5) is 0 Å². The monoisotopic (exact) mass is 483 g/mol. The zero-order valence-corrected chi connectivity index (χ0v) is 20.0. The first-order valence-electron chi connectivity index (χ1n) is 11.3. The summed E-state index contributed by atoms with van der Waals surface area (Å²) in [4.78, 5) is 32.1. The summed E-state index contributed by atoms with van der Waals surface area (Å²) in [6.45, 7) is 2.06. The number of halogens is 1. The highest BCUT2D eigenvalue weighted by Gasteiger charge is 2.63. The fourth-order valence-electron chi connectivity index (χ4n) is 5.60. The second-order valence-electron chi connectivity index (χ2n) is 9.21. The third kappa shape index (κ3) is 3.10. The maximum Gasteiger partial charge on any atom is 0.220 e. The molecule has 7 nitrogen and oxygen atoms in total. The summed E-state index contributed by atoms with van der Waals surface area (Å²) in [6, 6.07) is 10.8. The van der Waals surface area contributed by atoms with Crippen LogP contribution in [-0.2, 0) is 10.4 Å². The molecule has 1 aliphatic carbocycles. The summed E-state index contributed by atoms with van der Waals surface area (Å²) in [6.07, 6.45) is 0.573. The number of ether oxygens (including phenoxy) is 3. The van der Waals surface area contributed by atoms with Gasteiger partial charge in [-0.2, -0.15) is 0 Å². The Hall–Kier alpha value is -2.90. The molecule has 0 bridgehead atoms. The average molecular weight is 484 g/mol. The van der Waals surface area contributed by atoms with E-state index in [-0.39, 0.29) is 53.0 Å². The van der Waals surface area contributed by atoms with E-state index in [9.17, 15) is 14.7 Å². The summed E-state index contributed by atoms with van der Waals surface area (Å²) in [7, 11) is 2.93. The molecule has 1 saturated carbocycles. The molecule has 5 rings (SSSR count). The van der Waals surface area contributed by atoms with E-state index in [0.717, 1.165) is 5.56 Å². The van der Waals surface area contributed by atoms with Gasteiger partial charge in [0.15, 0.2) is 5.75 Å². The average Bonchev–Trinajstić information content (AvgIpc) is 3.02. The predicted molar refractivity (Wildman–Crippen MR) is 126 cm³/mol. The van der Waals surface area contributed by atoms with Crippen molar-refractivity contribution in [2.75, 3.05) is 20.8 Å². The molecule has 178 valence electrons. The van der Waals surface area contributed by atoms with Crippen LogP contribution in [-0.4, -0.2) is 48.8 Å². The zero-order chi connectivity index (χ0) is 24.3. The van der Waals surface area contributed by atoms with Gasteiger partial charge >= 0.3 is 0 Å². The highest BCUT2D eigenvalue weighted by atomic mass is 35.5. The number of carbonyl (C=O) groups excluding carboxylic acids is 2. The summed E-state index contributed by atoms with van der Waals surface area (Å²) in [5, 5.41) is 11.8. The van der Waals surface area contributed by atoms with Gasteiger partial charge in [-0.25, -0.2) is 0 Å². The lowest BCUT2D eigenvalue weighted by Crippen LogP contribution is -2.61. The molecule has 2 aliphatic heterocycles. The summed E-state index contributed by atoms with van der Waals surface area (Å²) < 4.78 is 17.2. The number of fused-ring (bicyclic) bond motifs is 3. The number of benzene rings is 2.